The average molecular weight is 406 g/mol. The van der Waals surface area contributed by atoms with Crippen LogP contribution in [-0.2, 0) is 0 Å². The van der Waals surface area contributed by atoms with E-state index >= 15 is 0 Å². The Kier molecular flexibility index (Phi) is 9.31. The minimum absolute atomic E-state index is 0. The highest BCUT2D eigenvalue weighted by atomic mass is 127. The number of guanidine groups is 1. The van der Waals surface area contributed by atoms with E-state index in [0.29, 0.717) is 6.04 Å². The van der Waals surface area contributed by atoms with Crippen LogP contribution in [0.1, 0.15) is 39.5 Å². The van der Waals surface area contributed by atoms with Crippen molar-refractivity contribution in [2.45, 2.75) is 45.6 Å². The topological polar surface area (TPSA) is 39.7 Å². The zero-order valence-corrected chi connectivity index (χ0v) is 15.8. The summed E-state index contributed by atoms with van der Waals surface area (Å²) < 4.78 is 0. The highest BCUT2D eigenvalue weighted by Crippen LogP contribution is 2.14. The molecule has 1 heterocycles. The first kappa shape index (κ1) is 18.7. The van der Waals surface area contributed by atoms with Gasteiger partial charge in [-0.3, -0.25) is 4.99 Å². The van der Waals surface area contributed by atoms with Crippen molar-refractivity contribution in [3.8, 4) is 0 Å². The molecule has 0 amide bonds. The van der Waals surface area contributed by atoms with Crippen molar-refractivity contribution < 1.29 is 0 Å². The fourth-order valence-electron chi connectivity index (χ4n) is 3.04. The average Bonchev–Trinajstić information content (AvgIpc) is 2.92. The van der Waals surface area contributed by atoms with Crippen molar-refractivity contribution in [3.05, 3.63) is 12.2 Å². The molecule has 1 aliphatic heterocycles. The highest BCUT2D eigenvalue weighted by molar-refractivity contribution is 14.0. The van der Waals surface area contributed by atoms with Crippen LogP contribution in [0.15, 0.2) is 17.1 Å². The lowest BCUT2D eigenvalue weighted by Crippen LogP contribution is -2.43. The van der Waals surface area contributed by atoms with Crippen LogP contribution in [0.3, 0.4) is 0 Å². The van der Waals surface area contributed by atoms with Gasteiger partial charge in [-0.2, -0.15) is 0 Å². The second-order valence-corrected chi connectivity index (χ2v) is 6.09. The van der Waals surface area contributed by atoms with Crippen LogP contribution in [0.5, 0.6) is 0 Å². The SMILES string of the molecule is CCNC(=NCCN1CCCC(C)C1)NC1CC=CC1.I. The van der Waals surface area contributed by atoms with Crippen molar-refractivity contribution >= 4 is 29.9 Å². The molecule has 4 nitrogen and oxygen atoms in total. The zero-order chi connectivity index (χ0) is 14.2. The van der Waals surface area contributed by atoms with Gasteiger partial charge in [0.25, 0.3) is 0 Å². The second-order valence-electron chi connectivity index (χ2n) is 6.09. The molecule has 1 atom stereocenters. The maximum Gasteiger partial charge on any atom is 0.191 e. The summed E-state index contributed by atoms with van der Waals surface area (Å²) in [6.07, 6.45) is 9.46. The Hall–Kier alpha value is -0.300. The lowest BCUT2D eigenvalue weighted by atomic mass is 10.0. The van der Waals surface area contributed by atoms with Gasteiger partial charge < -0.3 is 15.5 Å². The lowest BCUT2D eigenvalue weighted by Gasteiger charge is -2.30. The second kappa shape index (κ2) is 10.4. The van der Waals surface area contributed by atoms with Gasteiger partial charge in [0.15, 0.2) is 5.96 Å². The zero-order valence-electron chi connectivity index (χ0n) is 13.5. The van der Waals surface area contributed by atoms with Gasteiger partial charge in [0.1, 0.15) is 0 Å². The van der Waals surface area contributed by atoms with Crippen LogP contribution in [0.25, 0.3) is 0 Å². The first-order valence-electron chi connectivity index (χ1n) is 8.20. The number of likely N-dealkylation sites (tertiary alicyclic amines) is 1. The van der Waals surface area contributed by atoms with Crippen molar-refractivity contribution in [3.63, 3.8) is 0 Å². The van der Waals surface area contributed by atoms with E-state index in [-0.39, 0.29) is 24.0 Å². The Morgan fingerprint density at radius 1 is 1.33 bits per heavy atom. The van der Waals surface area contributed by atoms with Gasteiger partial charge in [0.05, 0.1) is 6.54 Å². The third kappa shape index (κ3) is 7.00. The monoisotopic (exact) mass is 406 g/mol. The number of nitrogens with one attached hydrogen (secondary N) is 2. The van der Waals surface area contributed by atoms with E-state index in [2.05, 4.69) is 41.5 Å². The molecule has 0 bridgehead atoms. The minimum Gasteiger partial charge on any atom is -0.357 e. The molecule has 2 aliphatic rings. The lowest BCUT2D eigenvalue weighted by molar-refractivity contribution is 0.189. The Bertz CT molecular complexity index is 335. The molecule has 1 aliphatic carbocycles. The molecule has 0 aromatic carbocycles. The number of halogens is 1. The molecule has 0 spiro atoms. The normalized spacial score (nSPS) is 23.9. The van der Waals surface area contributed by atoms with E-state index in [9.17, 15) is 0 Å². The van der Waals surface area contributed by atoms with Gasteiger partial charge in [0, 0.05) is 25.7 Å². The molecular formula is C16H31IN4. The Balaban J connectivity index is 0.00000220. The molecule has 0 saturated carbocycles. The molecule has 5 heteroatoms. The summed E-state index contributed by atoms with van der Waals surface area (Å²) in [5.41, 5.74) is 0. The van der Waals surface area contributed by atoms with Crippen molar-refractivity contribution in [1.82, 2.24) is 15.5 Å². The number of rotatable bonds is 5. The quantitative estimate of drug-likeness (QED) is 0.319. The van der Waals surface area contributed by atoms with E-state index in [0.717, 1.165) is 44.4 Å². The molecule has 1 saturated heterocycles. The van der Waals surface area contributed by atoms with Gasteiger partial charge in [0.2, 0.25) is 0 Å². The Morgan fingerprint density at radius 3 is 2.76 bits per heavy atom. The predicted octanol–water partition coefficient (Wildman–Crippen LogP) is 2.61. The van der Waals surface area contributed by atoms with Crippen LogP contribution in [0.4, 0.5) is 0 Å². The summed E-state index contributed by atoms with van der Waals surface area (Å²) in [7, 11) is 0. The number of nitrogens with zero attached hydrogens (tertiary/aromatic N) is 2. The predicted molar refractivity (Wildman–Crippen MR) is 102 cm³/mol. The van der Waals surface area contributed by atoms with E-state index in [1.807, 2.05) is 0 Å². The first-order chi connectivity index (χ1) is 9.78. The fourth-order valence-corrected chi connectivity index (χ4v) is 3.04. The van der Waals surface area contributed by atoms with Gasteiger partial charge in [-0.15, -0.1) is 24.0 Å². The van der Waals surface area contributed by atoms with Gasteiger partial charge in [-0.25, -0.2) is 0 Å². The summed E-state index contributed by atoms with van der Waals surface area (Å²) >= 11 is 0. The maximum absolute atomic E-state index is 4.72. The maximum atomic E-state index is 4.72. The van der Waals surface area contributed by atoms with Crippen molar-refractivity contribution in [1.29, 1.82) is 0 Å². The molecule has 21 heavy (non-hydrogen) atoms. The van der Waals surface area contributed by atoms with Crippen molar-refractivity contribution in [2.75, 3.05) is 32.7 Å². The van der Waals surface area contributed by atoms with Gasteiger partial charge in [-0.05, 0) is 45.1 Å². The summed E-state index contributed by atoms with van der Waals surface area (Å²) in [6.45, 7) is 9.87. The third-order valence-electron chi connectivity index (χ3n) is 4.12. The van der Waals surface area contributed by atoms with E-state index in [4.69, 9.17) is 4.99 Å². The van der Waals surface area contributed by atoms with E-state index < -0.39 is 0 Å². The summed E-state index contributed by atoms with van der Waals surface area (Å²) in [6, 6.07) is 0.530. The van der Waals surface area contributed by atoms with Gasteiger partial charge in [-0.1, -0.05) is 19.1 Å². The summed E-state index contributed by atoms with van der Waals surface area (Å²) in [4.78, 5) is 7.27. The van der Waals surface area contributed by atoms with Crippen LogP contribution < -0.4 is 10.6 Å². The van der Waals surface area contributed by atoms with Gasteiger partial charge >= 0.3 is 0 Å². The summed E-state index contributed by atoms with van der Waals surface area (Å²) in [5.74, 6) is 1.83. The number of hydrogen-bond acceptors (Lipinski definition) is 2. The molecule has 1 unspecified atom stereocenters. The number of piperidine rings is 1. The molecule has 0 radical (unpaired) electrons. The smallest absolute Gasteiger partial charge is 0.191 e. The van der Waals surface area contributed by atoms with Crippen LogP contribution >= 0.6 is 24.0 Å². The van der Waals surface area contributed by atoms with Crippen LogP contribution in [0.2, 0.25) is 0 Å². The number of aliphatic imine (C=N–C) groups is 1. The first-order valence-corrected chi connectivity index (χ1v) is 8.20. The Labute approximate surface area is 146 Å². The molecule has 122 valence electrons. The minimum atomic E-state index is 0. The van der Waals surface area contributed by atoms with Crippen LogP contribution in [0, 0.1) is 5.92 Å². The van der Waals surface area contributed by atoms with Crippen LogP contribution in [-0.4, -0.2) is 49.6 Å². The Morgan fingerprint density at radius 2 is 2.10 bits per heavy atom. The number of hydrogen-bond donors (Lipinski definition) is 2. The largest absolute Gasteiger partial charge is 0.357 e. The summed E-state index contributed by atoms with van der Waals surface area (Å²) in [5, 5.41) is 6.87. The molecule has 0 aromatic rings. The molecule has 0 aromatic heterocycles. The standard InChI is InChI=1S/C16H30N4.HI/c1-3-17-16(19-15-8-4-5-9-15)18-10-12-20-11-6-7-14(2)13-20;/h4-5,14-15H,3,6-13H2,1-2H3,(H2,17,18,19);1H. The molecule has 2 rings (SSSR count). The third-order valence-corrected chi connectivity index (χ3v) is 4.12. The van der Waals surface area contributed by atoms with Crippen molar-refractivity contribution in [2.24, 2.45) is 10.9 Å². The fraction of sp³-hybridized carbons (Fsp3) is 0.812. The molecule has 2 N–H and O–H groups in total. The highest BCUT2D eigenvalue weighted by Gasteiger charge is 2.15. The van der Waals surface area contributed by atoms with E-state index in [1.165, 1.54) is 25.9 Å². The molecule has 1 fully saturated rings. The molecular weight excluding hydrogens is 375 g/mol. The van der Waals surface area contributed by atoms with E-state index in [1.54, 1.807) is 0 Å².